The van der Waals surface area contributed by atoms with Crippen molar-refractivity contribution in [2.24, 2.45) is 0 Å². The first-order chi connectivity index (χ1) is 7.96. The summed E-state index contributed by atoms with van der Waals surface area (Å²) >= 11 is 0. The van der Waals surface area contributed by atoms with Crippen LogP contribution in [0.5, 0.6) is 5.75 Å². The summed E-state index contributed by atoms with van der Waals surface area (Å²) in [5.74, 6) is 0.392. The number of ether oxygens (including phenoxy) is 2. The van der Waals surface area contributed by atoms with Crippen LogP contribution in [0.25, 0.3) is 0 Å². The Morgan fingerprint density at radius 3 is 2.71 bits per heavy atom. The molecule has 1 N–H and O–H groups in total. The standard InChI is InChI=1S/C10H15NO5S/c1-8-9(16-7-3-6-15-2)4-5-11-10(8)17(12,13)14/h4-5H,3,6-7H2,1-2H3,(H,12,13,14). The van der Waals surface area contributed by atoms with E-state index in [0.29, 0.717) is 30.9 Å². The predicted molar refractivity (Wildman–Crippen MR) is 60.8 cm³/mol. The average molecular weight is 261 g/mol. The van der Waals surface area contributed by atoms with Crippen molar-refractivity contribution in [3.05, 3.63) is 17.8 Å². The number of pyridine rings is 1. The smallest absolute Gasteiger partial charge is 0.312 e. The number of aromatic nitrogens is 1. The fourth-order valence-corrected chi connectivity index (χ4v) is 1.98. The van der Waals surface area contributed by atoms with Gasteiger partial charge in [0.05, 0.1) is 6.61 Å². The van der Waals surface area contributed by atoms with Gasteiger partial charge in [0.1, 0.15) is 5.75 Å². The minimum Gasteiger partial charge on any atom is -0.493 e. The minimum absolute atomic E-state index is 0.299. The van der Waals surface area contributed by atoms with Crippen molar-refractivity contribution in [3.63, 3.8) is 0 Å². The maximum atomic E-state index is 11.0. The maximum Gasteiger partial charge on any atom is 0.312 e. The third-order valence-corrected chi connectivity index (χ3v) is 3.00. The molecule has 0 aliphatic carbocycles. The highest BCUT2D eigenvalue weighted by molar-refractivity contribution is 7.85. The van der Waals surface area contributed by atoms with Crippen LogP contribution in [0.4, 0.5) is 0 Å². The van der Waals surface area contributed by atoms with E-state index in [1.165, 1.54) is 13.1 Å². The van der Waals surface area contributed by atoms with E-state index in [2.05, 4.69) is 4.98 Å². The van der Waals surface area contributed by atoms with Gasteiger partial charge in [0, 0.05) is 31.9 Å². The Hall–Kier alpha value is -1.18. The van der Waals surface area contributed by atoms with Gasteiger partial charge >= 0.3 is 10.1 Å². The first kappa shape index (κ1) is 13.9. The highest BCUT2D eigenvalue weighted by Gasteiger charge is 2.17. The SMILES string of the molecule is COCCCOc1ccnc(S(=O)(=O)O)c1C. The number of hydrogen-bond acceptors (Lipinski definition) is 5. The number of hydrogen-bond donors (Lipinski definition) is 1. The second kappa shape index (κ2) is 5.95. The zero-order chi connectivity index (χ0) is 12.9. The molecule has 7 heteroatoms. The van der Waals surface area contributed by atoms with Crippen LogP contribution in [0, 0.1) is 6.92 Å². The van der Waals surface area contributed by atoms with Gasteiger partial charge in [-0.05, 0) is 13.0 Å². The molecule has 0 unspecified atom stereocenters. The summed E-state index contributed by atoms with van der Waals surface area (Å²) in [5, 5.41) is -0.373. The topological polar surface area (TPSA) is 85.7 Å². The highest BCUT2D eigenvalue weighted by atomic mass is 32.2. The Bertz CT molecular complexity index is 472. The lowest BCUT2D eigenvalue weighted by Gasteiger charge is -2.10. The Morgan fingerprint density at radius 2 is 2.12 bits per heavy atom. The number of methoxy groups -OCH3 is 1. The number of rotatable bonds is 6. The van der Waals surface area contributed by atoms with Crippen LogP contribution in [-0.4, -0.2) is 38.3 Å². The van der Waals surface area contributed by atoms with E-state index in [0.717, 1.165) is 0 Å². The van der Waals surface area contributed by atoms with Gasteiger partial charge < -0.3 is 9.47 Å². The first-order valence-corrected chi connectivity index (χ1v) is 6.45. The van der Waals surface area contributed by atoms with E-state index in [4.69, 9.17) is 14.0 Å². The normalized spacial score (nSPS) is 11.5. The van der Waals surface area contributed by atoms with Gasteiger partial charge in [0.15, 0.2) is 5.03 Å². The van der Waals surface area contributed by atoms with Crippen LogP contribution in [0.3, 0.4) is 0 Å². The fourth-order valence-electron chi connectivity index (χ4n) is 1.30. The maximum absolute atomic E-state index is 11.0. The summed E-state index contributed by atoms with van der Waals surface area (Å²) in [6, 6.07) is 1.55. The molecule has 0 aliphatic heterocycles. The van der Waals surface area contributed by atoms with Gasteiger partial charge in [-0.15, -0.1) is 0 Å². The molecule has 1 rings (SSSR count). The molecule has 0 radical (unpaired) electrons. The molecule has 17 heavy (non-hydrogen) atoms. The zero-order valence-electron chi connectivity index (χ0n) is 9.71. The summed E-state index contributed by atoms with van der Waals surface area (Å²) in [6.45, 7) is 2.50. The summed E-state index contributed by atoms with van der Waals surface area (Å²) in [6.07, 6.45) is 1.97. The number of nitrogens with zero attached hydrogens (tertiary/aromatic N) is 1. The van der Waals surface area contributed by atoms with Crippen molar-refractivity contribution in [2.75, 3.05) is 20.3 Å². The van der Waals surface area contributed by atoms with E-state index in [-0.39, 0.29) is 5.03 Å². The van der Waals surface area contributed by atoms with Gasteiger partial charge in [-0.25, -0.2) is 4.98 Å². The summed E-state index contributed by atoms with van der Waals surface area (Å²) in [7, 11) is -2.72. The molecule has 1 heterocycles. The monoisotopic (exact) mass is 261 g/mol. The minimum atomic E-state index is -4.31. The van der Waals surface area contributed by atoms with Crippen molar-refractivity contribution in [1.82, 2.24) is 4.98 Å². The van der Waals surface area contributed by atoms with Crippen LogP contribution < -0.4 is 4.74 Å². The van der Waals surface area contributed by atoms with Crippen molar-refractivity contribution in [2.45, 2.75) is 18.4 Å². The van der Waals surface area contributed by atoms with Crippen LogP contribution >= 0.6 is 0 Å². The molecule has 1 aromatic heterocycles. The highest BCUT2D eigenvalue weighted by Crippen LogP contribution is 2.22. The molecule has 0 spiro atoms. The van der Waals surface area contributed by atoms with E-state index < -0.39 is 10.1 Å². The summed E-state index contributed by atoms with van der Waals surface area (Å²) in [5.41, 5.74) is 0.299. The van der Waals surface area contributed by atoms with Crippen molar-refractivity contribution >= 4 is 10.1 Å². The Kier molecular flexibility index (Phi) is 4.86. The van der Waals surface area contributed by atoms with Crippen LogP contribution in [0.15, 0.2) is 17.3 Å². The Morgan fingerprint density at radius 1 is 1.41 bits per heavy atom. The second-order valence-electron chi connectivity index (χ2n) is 3.41. The zero-order valence-corrected chi connectivity index (χ0v) is 10.5. The molecule has 0 saturated carbocycles. The quantitative estimate of drug-likeness (QED) is 0.608. The van der Waals surface area contributed by atoms with Crippen LogP contribution in [-0.2, 0) is 14.9 Å². The lowest BCUT2D eigenvalue weighted by molar-refractivity contribution is 0.171. The molecule has 0 saturated heterocycles. The predicted octanol–water partition coefficient (Wildman–Crippen LogP) is 1.05. The Labute approximate surface area is 100 Å². The van der Waals surface area contributed by atoms with Gasteiger partial charge in [0.2, 0.25) is 0 Å². The first-order valence-electron chi connectivity index (χ1n) is 5.01. The molecule has 96 valence electrons. The average Bonchev–Trinajstić information content (AvgIpc) is 2.25. The molecular formula is C10H15NO5S. The van der Waals surface area contributed by atoms with Gasteiger partial charge in [-0.3, -0.25) is 4.55 Å². The fraction of sp³-hybridized carbons (Fsp3) is 0.500. The lowest BCUT2D eigenvalue weighted by Crippen LogP contribution is -2.07. The molecule has 0 bridgehead atoms. The molecule has 1 aromatic rings. The molecule has 0 amide bonds. The Balaban J connectivity index is 2.81. The third-order valence-electron chi connectivity index (χ3n) is 2.10. The van der Waals surface area contributed by atoms with Crippen molar-refractivity contribution in [3.8, 4) is 5.75 Å². The van der Waals surface area contributed by atoms with Gasteiger partial charge in [0.25, 0.3) is 0 Å². The van der Waals surface area contributed by atoms with E-state index in [9.17, 15) is 8.42 Å². The van der Waals surface area contributed by atoms with Gasteiger partial charge in [-0.1, -0.05) is 0 Å². The molecule has 0 aromatic carbocycles. The molecule has 0 atom stereocenters. The van der Waals surface area contributed by atoms with Crippen molar-refractivity contribution in [1.29, 1.82) is 0 Å². The van der Waals surface area contributed by atoms with Crippen LogP contribution in [0.2, 0.25) is 0 Å². The molecule has 0 fully saturated rings. The summed E-state index contributed by atoms with van der Waals surface area (Å²) < 4.78 is 41.2. The molecule has 0 aliphatic rings. The second-order valence-corrected chi connectivity index (χ2v) is 4.75. The van der Waals surface area contributed by atoms with E-state index >= 15 is 0 Å². The lowest BCUT2D eigenvalue weighted by atomic mass is 10.3. The van der Waals surface area contributed by atoms with Gasteiger partial charge in [-0.2, -0.15) is 8.42 Å². The van der Waals surface area contributed by atoms with E-state index in [1.54, 1.807) is 13.2 Å². The van der Waals surface area contributed by atoms with Crippen molar-refractivity contribution < 1.29 is 22.4 Å². The largest absolute Gasteiger partial charge is 0.493 e. The van der Waals surface area contributed by atoms with Crippen LogP contribution in [0.1, 0.15) is 12.0 Å². The molecular weight excluding hydrogens is 246 g/mol. The third kappa shape index (κ3) is 3.95. The van der Waals surface area contributed by atoms with E-state index in [1.807, 2.05) is 0 Å². The summed E-state index contributed by atoms with van der Waals surface area (Å²) in [4.78, 5) is 3.61. The molecule has 6 nitrogen and oxygen atoms in total.